The largest absolute Gasteiger partial charge is 0.535 e. The van der Waals surface area contributed by atoms with Crippen molar-refractivity contribution in [2.24, 2.45) is 0 Å². The normalized spacial score (nSPS) is 38.0. The Bertz CT molecular complexity index is 290. The Kier molecular flexibility index (Phi) is 1.53. The van der Waals surface area contributed by atoms with Crippen LogP contribution in [0.15, 0.2) is 22.8 Å². The van der Waals surface area contributed by atoms with Crippen molar-refractivity contribution in [3.63, 3.8) is 0 Å². The zero-order valence-electron chi connectivity index (χ0n) is 7.36. The number of hydrogen-bond acceptors (Lipinski definition) is 3. The molecular weight excluding hydrogens is 169 g/mol. The molecular formula is C8H12BNO3. The van der Waals surface area contributed by atoms with Crippen molar-refractivity contribution in [1.29, 1.82) is 0 Å². The molecule has 1 N–H and O–H groups in total. The third-order valence-corrected chi connectivity index (χ3v) is 3.01. The highest BCUT2D eigenvalue weighted by atomic mass is 16.6. The lowest BCUT2D eigenvalue weighted by molar-refractivity contribution is -0.781. The highest BCUT2D eigenvalue weighted by molar-refractivity contribution is 6.72. The number of furan rings is 1. The van der Waals surface area contributed by atoms with Gasteiger partial charge in [-0.25, -0.2) is 0 Å². The monoisotopic (exact) mass is 181 g/mol. The first kappa shape index (κ1) is 7.61. The van der Waals surface area contributed by atoms with Gasteiger partial charge < -0.3 is 18.5 Å². The Balaban J connectivity index is 2.03. The SMILES string of the molecule is c1coc([B-]23OCC[NH+]2CCO3)c1. The fourth-order valence-electron chi connectivity index (χ4n) is 2.37. The van der Waals surface area contributed by atoms with Gasteiger partial charge in [0, 0.05) is 0 Å². The van der Waals surface area contributed by atoms with Crippen LogP contribution in [0.25, 0.3) is 0 Å². The fourth-order valence-corrected chi connectivity index (χ4v) is 2.37. The fraction of sp³-hybridized carbons (Fsp3) is 0.500. The Labute approximate surface area is 76.4 Å². The van der Waals surface area contributed by atoms with Gasteiger partial charge in [0.1, 0.15) is 0 Å². The van der Waals surface area contributed by atoms with Crippen molar-refractivity contribution in [3.8, 4) is 0 Å². The maximum Gasteiger partial charge on any atom is 0.535 e. The third kappa shape index (κ3) is 0.920. The lowest BCUT2D eigenvalue weighted by Gasteiger charge is -2.28. The van der Waals surface area contributed by atoms with Crippen molar-refractivity contribution >= 4 is 12.3 Å². The Morgan fingerprint density at radius 3 is 2.62 bits per heavy atom. The summed E-state index contributed by atoms with van der Waals surface area (Å²) in [7, 11) is 0. The molecule has 70 valence electrons. The van der Waals surface area contributed by atoms with Crippen LogP contribution in [0.3, 0.4) is 0 Å². The van der Waals surface area contributed by atoms with Crippen LogP contribution in [0, 0.1) is 0 Å². The second kappa shape index (κ2) is 2.61. The molecule has 0 saturated carbocycles. The van der Waals surface area contributed by atoms with E-state index in [0.29, 0.717) is 0 Å². The summed E-state index contributed by atoms with van der Waals surface area (Å²) >= 11 is 0. The molecule has 0 atom stereocenters. The molecule has 0 aliphatic carbocycles. The summed E-state index contributed by atoms with van der Waals surface area (Å²) in [6.45, 7) is 2.29. The van der Waals surface area contributed by atoms with Gasteiger partial charge in [-0.05, 0) is 12.1 Å². The van der Waals surface area contributed by atoms with Gasteiger partial charge in [0.2, 0.25) is 0 Å². The first-order valence-corrected chi connectivity index (χ1v) is 4.73. The van der Waals surface area contributed by atoms with Crippen LogP contribution >= 0.6 is 0 Å². The summed E-state index contributed by atoms with van der Waals surface area (Å²) in [5, 5.41) is 0. The molecule has 0 bridgehead atoms. The summed E-state index contributed by atoms with van der Waals surface area (Å²) in [5.74, 6) is 0. The van der Waals surface area contributed by atoms with E-state index >= 15 is 0 Å². The highest BCUT2D eigenvalue weighted by Crippen LogP contribution is 2.08. The second-order valence-electron chi connectivity index (χ2n) is 3.63. The summed E-state index contributed by atoms with van der Waals surface area (Å²) in [6, 6.07) is 3.82. The van der Waals surface area contributed by atoms with Gasteiger partial charge in [-0.15, -0.1) is 0 Å². The van der Waals surface area contributed by atoms with E-state index in [-0.39, 0.29) is 0 Å². The molecule has 0 spiro atoms. The number of nitrogens with one attached hydrogen (secondary N) is 1. The van der Waals surface area contributed by atoms with Crippen LogP contribution in [0.5, 0.6) is 0 Å². The van der Waals surface area contributed by atoms with Crippen LogP contribution in [0.1, 0.15) is 0 Å². The van der Waals surface area contributed by atoms with Crippen molar-refractivity contribution in [1.82, 2.24) is 0 Å². The Morgan fingerprint density at radius 2 is 2.00 bits per heavy atom. The molecule has 1 aromatic heterocycles. The first-order chi connectivity index (χ1) is 6.42. The smallest absolute Gasteiger partial charge is 0.504 e. The quantitative estimate of drug-likeness (QED) is 0.528. The molecule has 5 heteroatoms. The predicted octanol–water partition coefficient (Wildman–Crippen LogP) is -1.63. The van der Waals surface area contributed by atoms with E-state index in [1.54, 1.807) is 6.26 Å². The number of quaternary nitrogens is 1. The van der Waals surface area contributed by atoms with Gasteiger partial charge in [0.15, 0.2) is 0 Å². The van der Waals surface area contributed by atoms with Crippen molar-refractivity contribution in [2.45, 2.75) is 0 Å². The zero-order chi connectivity index (χ0) is 8.73. The topological polar surface area (TPSA) is 36.0 Å². The molecule has 0 unspecified atom stereocenters. The highest BCUT2D eigenvalue weighted by Gasteiger charge is 2.53. The van der Waals surface area contributed by atoms with Crippen molar-refractivity contribution in [2.75, 3.05) is 26.3 Å². The van der Waals surface area contributed by atoms with Gasteiger partial charge in [0.25, 0.3) is 0 Å². The Morgan fingerprint density at radius 1 is 1.23 bits per heavy atom. The van der Waals surface area contributed by atoms with E-state index in [2.05, 4.69) is 0 Å². The molecule has 3 heterocycles. The van der Waals surface area contributed by atoms with Crippen LogP contribution < -0.4 is 10.5 Å². The minimum atomic E-state index is -1.32. The standard InChI is InChI=1S/C8H12BNO3/c1-2-8(11-5-1)9-10(3-6-12-9)4-7-13-9/h1-2,5,10H,3-4,6-7H2. The molecule has 0 aromatic carbocycles. The lowest BCUT2D eigenvalue weighted by atomic mass is 9.68. The molecule has 0 radical (unpaired) electrons. The number of rotatable bonds is 1. The summed E-state index contributed by atoms with van der Waals surface area (Å²) in [6.07, 6.45) is 1.67. The summed E-state index contributed by atoms with van der Waals surface area (Å²) < 4.78 is 16.8. The van der Waals surface area contributed by atoms with E-state index in [1.165, 1.54) is 4.81 Å². The van der Waals surface area contributed by atoms with Crippen LogP contribution in [-0.4, -0.2) is 33.0 Å². The lowest BCUT2D eigenvalue weighted by Crippen LogP contribution is -3.21. The molecule has 1 aromatic rings. The Hall–Kier alpha value is -0.775. The first-order valence-electron chi connectivity index (χ1n) is 4.73. The van der Waals surface area contributed by atoms with Gasteiger partial charge in [-0.2, -0.15) is 0 Å². The van der Waals surface area contributed by atoms with Gasteiger partial charge in [-0.1, -0.05) is 0 Å². The molecule has 13 heavy (non-hydrogen) atoms. The maximum absolute atomic E-state index is 5.72. The molecule has 3 rings (SSSR count). The summed E-state index contributed by atoms with van der Waals surface area (Å²) in [5.41, 5.74) is 0.852. The van der Waals surface area contributed by atoms with Crippen LogP contribution in [0.2, 0.25) is 0 Å². The van der Waals surface area contributed by atoms with E-state index < -0.39 is 6.69 Å². The maximum atomic E-state index is 5.72. The van der Waals surface area contributed by atoms with E-state index in [4.69, 9.17) is 13.7 Å². The summed E-state index contributed by atoms with van der Waals surface area (Å²) in [4.78, 5) is 1.38. The van der Waals surface area contributed by atoms with Gasteiger partial charge >= 0.3 is 6.69 Å². The second-order valence-corrected chi connectivity index (χ2v) is 3.63. The van der Waals surface area contributed by atoms with Crippen LogP contribution in [0.4, 0.5) is 0 Å². The third-order valence-electron chi connectivity index (χ3n) is 3.01. The molecule has 4 nitrogen and oxygen atoms in total. The van der Waals surface area contributed by atoms with E-state index in [0.717, 1.165) is 32.0 Å². The van der Waals surface area contributed by atoms with E-state index in [1.807, 2.05) is 12.1 Å². The average Bonchev–Trinajstić information content (AvgIpc) is 2.79. The average molecular weight is 181 g/mol. The minimum absolute atomic E-state index is 0.774. The molecule has 2 saturated heterocycles. The predicted molar refractivity (Wildman–Crippen MR) is 46.7 cm³/mol. The van der Waals surface area contributed by atoms with Crippen LogP contribution in [-0.2, 0) is 9.31 Å². The molecule has 0 amide bonds. The minimum Gasteiger partial charge on any atom is -0.504 e. The van der Waals surface area contributed by atoms with Gasteiger partial charge in [0.05, 0.1) is 38.2 Å². The van der Waals surface area contributed by atoms with Crippen molar-refractivity contribution < 1.29 is 18.5 Å². The van der Waals surface area contributed by atoms with Gasteiger partial charge in [-0.3, -0.25) is 0 Å². The number of fused-ring (bicyclic) bond motifs is 1. The molecule has 2 aliphatic heterocycles. The van der Waals surface area contributed by atoms with E-state index in [9.17, 15) is 0 Å². The number of hydrogen-bond donors (Lipinski definition) is 1. The zero-order valence-corrected chi connectivity index (χ0v) is 7.36. The molecule has 2 aliphatic rings. The molecule has 2 fully saturated rings. The van der Waals surface area contributed by atoms with Crippen molar-refractivity contribution in [3.05, 3.63) is 18.4 Å².